The molecule has 0 atom stereocenters. The predicted molar refractivity (Wildman–Crippen MR) is 162 cm³/mol. The smallest absolute Gasteiger partial charge is 0.210 e. The first-order chi connectivity index (χ1) is 19.9. The summed E-state index contributed by atoms with van der Waals surface area (Å²) in [4.78, 5) is 12.6. The minimum atomic E-state index is 0. The van der Waals surface area contributed by atoms with E-state index in [-0.39, 0.29) is 49.6 Å². The first-order valence-corrected chi connectivity index (χ1v) is 13.3. The van der Waals surface area contributed by atoms with Crippen molar-refractivity contribution in [2.45, 2.75) is 0 Å². The van der Waals surface area contributed by atoms with Gasteiger partial charge < -0.3 is 49.6 Å². The van der Waals surface area contributed by atoms with Crippen LogP contribution in [-0.4, -0.2) is 0 Å². The number of H-pyrrole nitrogens is 4. The first kappa shape index (κ1) is 37.7. The molecule has 224 valence electrons. The Balaban J connectivity index is 0.000000285. The third-order valence-electron chi connectivity index (χ3n) is 6.29. The predicted octanol–water partition coefficient (Wildman–Crippen LogP) is -5.37. The molecule has 0 unspecified atom stereocenters. The molecular weight excluding hydrogens is 630 g/mol. The van der Waals surface area contributed by atoms with E-state index in [0.29, 0.717) is 0 Å². The maximum atomic E-state index is 3.15. The topological polar surface area (TPSA) is 56.6 Å². The van der Waals surface area contributed by atoms with Crippen molar-refractivity contribution in [1.29, 1.82) is 0 Å². The number of para-hydroxylation sites is 4. The second-order valence-electron chi connectivity index (χ2n) is 9.03. The number of aromatic nitrogens is 4. The van der Waals surface area contributed by atoms with E-state index in [1.807, 2.05) is 97.6 Å². The molecule has 0 bridgehead atoms. The van der Waals surface area contributed by atoms with Gasteiger partial charge in [0.15, 0.2) is 24.8 Å². The summed E-state index contributed by atoms with van der Waals surface area (Å²) < 4.78 is 0. The Bertz CT molecular complexity index is 1410. The van der Waals surface area contributed by atoms with Crippen LogP contribution in [-0.2, 0) is 0 Å². The zero-order chi connectivity index (χ0) is 27.2. The van der Waals surface area contributed by atoms with Gasteiger partial charge in [-0.15, -0.1) is 0 Å². The summed E-state index contributed by atoms with van der Waals surface area (Å²) >= 11 is 0. The fourth-order valence-electron chi connectivity index (χ4n) is 4.25. The molecule has 8 heteroatoms. The number of rotatable bonds is 0. The van der Waals surface area contributed by atoms with E-state index < -0.39 is 0 Å². The first-order valence-electron chi connectivity index (χ1n) is 13.3. The van der Waals surface area contributed by atoms with Gasteiger partial charge in [0.2, 0.25) is 22.1 Å². The Morgan fingerprint density at radius 3 is 0.614 bits per heavy atom. The van der Waals surface area contributed by atoms with Crippen LogP contribution in [0.25, 0.3) is 43.6 Å². The zero-order valence-electron chi connectivity index (χ0n) is 23.7. The molecule has 4 aromatic heterocycles. The SMILES string of the molecule is [Cl-].[Cl-].[Cl-].[Cl-].c1ccc2[nH+]cccc2c1.c1ccc2[nH+]cccc2c1.c1ccc2[nH+]cccc2c1.c1ccc2[nH+]cccc2c1. The maximum Gasteiger partial charge on any atom is 0.210 e. The molecule has 0 aliphatic heterocycles. The molecule has 0 fully saturated rings. The summed E-state index contributed by atoms with van der Waals surface area (Å²) in [6, 6.07) is 49.2. The lowest BCUT2D eigenvalue weighted by Crippen LogP contribution is -3.00. The molecule has 0 aliphatic carbocycles. The van der Waals surface area contributed by atoms with Gasteiger partial charge in [-0.2, -0.15) is 0 Å². The molecule has 0 amide bonds. The van der Waals surface area contributed by atoms with Crippen LogP contribution in [0.4, 0.5) is 0 Å². The summed E-state index contributed by atoms with van der Waals surface area (Å²) in [6.07, 6.45) is 7.73. The van der Waals surface area contributed by atoms with Crippen LogP contribution in [0.15, 0.2) is 170 Å². The second kappa shape index (κ2) is 20.6. The number of aromatic amines is 4. The van der Waals surface area contributed by atoms with Crippen molar-refractivity contribution in [2.75, 3.05) is 0 Å². The van der Waals surface area contributed by atoms with E-state index in [1.165, 1.54) is 43.6 Å². The fraction of sp³-hybridized carbons (Fsp3) is 0. The highest BCUT2D eigenvalue weighted by Gasteiger charge is 1.95. The average Bonchev–Trinajstić information content (AvgIpc) is 3.06. The van der Waals surface area contributed by atoms with Gasteiger partial charge in [0.1, 0.15) is 0 Å². The van der Waals surface area contributed by atoms with Gasteiger partial charge in [-0.3, -0.25) is 0 Å². The van der Waals surface area contributed by atoms with Crippen molar-refractivity contribution in [3.8, 4) is 0 Å². The number of fused-ring (bicyclic) bond motifs is 4. The van der Waals surface area contributed by atoms with Crippen LogP contribution in [0, 0.1) is 0 Å². The monoisotopic (exact) mass is 660 g/mol. The lowest BCUT2D eigenvalue weighted by Gasteiger charge is -1.85. The lowest BCUT2D eigenvalue weighted by molar-refractivity contribution is -0.345. The molecular formula is C36H32Cl4N4. The van der Waals surface area contributed by atoms with E-state index in [0.717, 1.165) is 0 Å². The molecule has 8 rings (SSSR count). The summed E-state index contributed by atoms with van der Waals surface area (Å²) in [5.74, 6) is 0. The Morgan fingerprint density at radius 2 is 0.409 bits per heavy atom. The minimum absolute atomic E-state index is 0. The molecule has 0 saturated heterocycles. The lowest BCUT2D eigenvalue weighted by atomic mass is 10.2. The summed E-state index contributed by atoms with van der Waals surface area (Å²) in [5.41, 5.74) is 4.74. The Morgan fingerprint density at radius 1 is 0.227 bits per heavy atom. The molecule has 4 N–H and O–H groups in total. The number of halogens is 4. The standard InChI is InChI=1S/4C9H7N.4ClH/c4*1-2-6-9-8(4-1)5-3-7-10-9;;;;/h4*1-7H;4*1H. The Labute approximate surface area is 282 Å². The number of hydrogen-bond donors (Lipinski definition) is 0. The van der Waals surface area contributed by atoms with E-state index >= 15 is 0 Å². The molecule has 4 aromatic carbocycles. The Hall–Kier alpha value is -4.32. The number of hydrogen-bond acceptors (Lipinski definition) is 0. The normalized spacial score (nSPS) is 9.09. The maximum absolute atomic E-state index is 3.15. The quantitative estimate of drug-likeness (QED) is 0.156. The van der Waals surface area contributed by atoms with E-state index in [2.05, 4.69) is 92.7 Å². The van der Waals surface area contributed by atoms with Crippen LogP contribution in [0.3, 0.4) is 0 Å². The number of pyridine rings is 4. The van der Waals surface area contributed by atoms with Gasteiger partial charge in [-0.25, -0.2) is 19.9 Å². The van der Waals surface area contributed by atoms with E-state index in [9.17, 15) is 0 Å². The van der Waals surface area contributed by atoms with Crippen molar-refractivity contribution >= 4 is 43.6 Å². The molecule has 44 heavy (non-hydrogen) atoms. The van der Waals surface area contributed by atoms with Crippen molar-refractivity contribution in [1.82, 2.24) is 0 Å². The van der Waals surface area contributed by atoms with Gasteiger partial charge in [0, 0.05) is 70.1 Å². The highest BCUT2D eigenvalue weighted by atomic mass is 35.5. The Kier molecular flexibility index (Phi) is 17.6. The minimum Gasteiger partial charge on any atom is -1.00 e. The van der Waals surface area contributed by atoms with Crippen LogP contribution in [0.5, 0.6) is 0 Å². The second-order valence-corrected chi connectivity index (χ2v) is 9.03. The molecule has 0 spiro atoms. The van der Waals surface area contributed by atoms with Gasteiger partial charge in [-0.05, 0) is 48.5 Å². The van der Waals surface area contributed by atoms with Gasteiger partial charge in [0.25, 0.3) is 0 Å². The number of nitrogens with one attached hydrogen (secondary N) is 4. The van der Waals surface area contributed by atoms with Gasteiger partial charge >= 0.3 is 0 Å². The average molecular weight is 662 g/mol. The zero-order valence-corrected chi connectivity index (χ0v) is 26.7. The molecule has 4 heterocycles. The highest BCUT2D eigenvalue weighted by Crippen LogP contribution is 2.07. The molecule has 0 aliphatic rings. The molecule has 0 saturated carbocycles. The molecule has 8 aromatic rings. The van der Waals surface area contributed by atoms with Crippen molar-refractivity contribution in [3.63, 3.8) is 0 Å². The third kappa shape index (κ3) is 11.1. The molecule has 0 radical (unpaired) electrons. The van der Waals surface area contributed by atoms with E-state index in [1.54, 1.807) is 0 Å². The van der Waals surface area contributed by atoms with Crippen molar-refractivity contribution in [3.05, 3.63) is 170 Å². The largest absolute Gasteiger partial charge is 1.00 e. The van der Waals surface area contributed by atoms with Crippen LogP contribution >= 0.6 is 0 Å². The molecule has 4 nitrogen and oxygen atoms in total. The third-order valence-corrected chi connectivity index (χ3v) is 6.29. The van der Waals surface area contributed by atoms with Crippen molar-refractivity contribution in [2.24, 2.45) is 0 Å². The van der Waals surface area contributed by atoms with Gasteiger partial charge in [-0.1, -0.05) is 48.5 Å². The summed E-state index contributed by atoms with van der Waals surface area (Å²) in [6.45, 7) is 0. The van der Waals surface area contributed by atoms with Crippen LogP contribution in [0.2, 0.25) is 0 Å². The number of benzene rings is 4. The summed E-state index contributed by atoms with van der Waals surface area (Å²) in [5, 5.41) is 5.02. The van der Waals surface area contributed by atoms with Crippen molar-refractivity contribution < 1.29 is 69.6 Å². The summed E-state index contributed by atoms with van der Waals surface area (Å²) in [7, 11) is 0. The van der Waals surface area contributed by atoms with Gasteiger partial charge in [0.05, 0.1) is 0 Å². The van der Waals surface area contributed by atoms with Crippen LogP contribution < -0.4 is 69.6 Å². The van der Waals surface area contributed by atoms with Crippen LogP contribution in [0.1, 0.15) is 0 Å². The fourth-order valence-corrected chi connectivity index (χ4v) is 4.25. The van der Waals surface area contributed by atoms with E-state index in [4.69, 9.17) is 0 Å². The highest BCUT2D eigenvalue weighted by molar-refractivity contribution is 5.76.